The van der Waals surface area contributed by atoms with E-state index in [-0.39, 0.29) is 0 Å². The zero-order chi connectivity index (χ0) is 14.7. The first-order valence-corrected chi connectivity index (χ1v) is 7.16. The number of nitrogens with two attached hydrogens (primary N) is 1. The van der Waals surface area contributed by atoms with Crippen LogP contribution in [0.25, 0.3) is 5.69 Å². The number of rotatable bonds is 5. The molecule has 0 aliphatic heterocycles. The number of nitrogens with zero attached hydrogens (tertiary/aromatic N) is 3. The fourth-order valence-corrected chi connectivity index (χ4v) is 2.68. The molecule has 3 N–H and O–H groups in total. The molecule has 0 radical (unpaired) electrons. The number of nitrogens with one attached hydrogen (secondary N) is 1. The van der Waals surface area contributed by atoms with Gasteiger partial charge in [-0.25, -0.2) is 9.67 Å². The van der Waals surface area contributed by atoms with Crippen molar-refractivity contribution < 1.29 is 4.79 Å². The van der Waals surface area contributed by atoms with E-state index >= 15 is 0 Å². The third-order valence-electron chi connectivity index (χ3n) is 2.96. The molecule has 0 aliphatic rings. The first kappa shape index (κ1) is 13.3. The molecule has 6 nitrogen and oxygen atoms in total. The molecule has 1 aromatic carbocycles. The van der Waals surface area contributed by atoms with Crippen molar-refractivity contribution in [3.05, 3.63) is 58.8 Å². The normalized spacial score (nSPS) is 10.5. The molecule has 106 valence electrons. The first-order valence-electron chi connectivity index (χ1n) is 6.28. The third-order valence-corrected chi connectivity index (χ3v) is 3.89. The Hall–Kier alpha value is -2.67. The van der Waals surface area contributed by atoms with Crippen molar-refractivity contribution in [1.82, 2.24) is 14.8 Å². The maximum absolute atomic E-state index is 11.0. The Morgan fingerprint density at radius 1 is 1.33 bits per heavy atom. The Labute approximate surface area is 125 Å². The molecule has 3 aromatic rings. The van der Waals surface area contributed by atoms with Crippen LogP contribution in [0.4, 0.5) is 5.69 Å². The molecule has 0 unspecified atom stereocenters. The zero-order valence-corrected chi connectivity index (χ0v) is 11.9. The predicted molar refractivity (Wildman–Crippen MR) is 81.5 cm³/mol. The van der Waals surface area contributed by atoms with E-state index in [1.165, 1.54) is 17.7 Å². The van der Waals surface area contributed by atoms with Gasteiger partial charge in [-0.3, -0.25) is 4.79 Å². The van der Waals surface area contributed by atoms with E-state index in [0.29, 0.717) is 12.1 Å². The number of hydrogen-bond acceptors (Lipinski definition) is 5. The molecule has 0 fully saturated rings. The van der Waals surface area contributed by atoms with Crippen molar-refractivity contribution in [3.63, 3.8) is 0 Å². The lowest BCUT2D eigenvalue weighted by molar-refractivity contribution is 0.100. The van der Waals surface area contributed by atoms with Crippen LogP contribution in [0.5, 0.6) is 0 Å². The summed E-state index contributed by atoms with van der Waals surface area (Å²) in [6.07, 6.45) is 3.15. The number of hydrogen-bond donors (Lipinski definition) is 2. The van der Waals surface area contributed by atoms with Gasteiger partial charge in [0.25, 0.3) is 0 Å². The largest absolute Gasteiger partial charge is 0.380 e. The topological polar surface area (TPSA) is 85.8 Å². The summed E-state index contributed by atoms with van der Waals surface area (Å²) in [6, 6.07) is 9.67. The van der Waals surface area contributed by atoms with E-state index in [1.807, 2.05) is 30.3 Å². The third kappa shape index (κ3) is 3.09. The maximum Gasteiger partial charge on any atom is 0.249 e. The highest BCUT2D eigenvalue weighted by atomic mass is 32.1. The highest BCUT2D eigenvalue weighted by molar-refractivity contribution is 7.10. The van der Waals surface area contributed by atoms with E-state index in [9.17, 15) is 4.79 Å². The number of benzene rings is 1. The molecule has 0 atom stereocenters. The lowest BCUT2D eigenvalue weighted by Crippen LogP contribution is -2.09. The van der Waals surface area contributed by atoms with Crippen LogP contribution in [0, 0.1) is 0 Å². The van der Waals surface area contributed by atoms with Gasteiger partial charge in [0, 0.05) is 22.5 Å². The Bertz CT molecular complexity index is 733. The van der Waals surface area contributed by atoms with Crippen molar-refractivity contribution in [2.45, 2.75) is 6.54 Å². The van der Waals surface area contributed by atoms with Crippen molar-refractivity contribution >= 4 is 22.9 Å². The minimum absolute atomic E-state index is 0.394. The van der Waals surface area contributed by atoms with Crippen LogP contribution in [0.3, 0.4) is 0 Å². The van der Waals surface area contributed by atoms with E-state index < -0.39 is 5.91 Å². The molecule has 0 aliphatic carbocycles. The van der Waals surface area contributed by atoms with Gasteiger partial charge in [0.1, 0.15) is 12.7 Å². The highest BCUT2D eigenvalue weighted by Gasteiger charge is 2.04. The van der Waals surface area contributed by atoms with E-state index in [2.05, 4.69) is 15.4 Å². The van der Waals surface area contributed by atoms with Crippen LogP contribution in [0.1, 0.15) is 15.2 Å². The second-order valence-corrected chi connectivity index (χ2v) is 5.40. The van der Waals surface area contributed by atoms with Crippen LogP contribution in [0.2, 0.25) is 0 Å². The second kappa shape index (κ2) is 5.76. The number of aromatic nitrogens is 3. The maximum atomic E-state index is 11.0. The van der Waals surface area contributed by atoms with Gasteiger partial charge >= 0.3 is 0 Å². The molecule has 0 saturated carbocycles. The van der Waals surface area contributed by atoms with Gasteiger partial charge in [-0.15, -0.1) is 11.3 Å². The molecular formula is C14H13N5OS. The average Bonchev–Trinajstić information content (AvgIpc) is 3.17. The van der Waals surface area contributed by atoms with Crippen LogP contribution in [-0.4, -0.2) is 20.7 Å². The van der Waals surface area contributed by atoms with Crippen LogP contribution >= 0.6 is 11.3 Å². The quantitative estimate of drug-likeness (QED) is 0.755. The van der Waals surface area contributed by atoms with Gasteiger partial charge in [0.15, 0.2) is 0 Å². The molecule has 0 spiro atoms. The zero-order valence-electron chi connectivity index (χ0n) is 11.1. The summed E-state index contributed by atoms with van der Waals surface area (Å²) in [5.41, 5.74) is 7.73. The predicted octanol–water partition coefficient (Wildman–Crippen LogP) is 2.04. The monoisotopic (exact) mass is 299 g/mol. The Morgan fingerprint density at radius 3 is 2.76 bits per heavy atom. The minimum Gasteiger partial charge on any atom is -0.380 e. The number of carbonyl (C=O) groups excluding carboxylic acids is 1. The molecule has 1 amide bonds. The van der Waals surface area contributed by atoms with E-state index in [0.717, 1.165) is 16.3 Å². The average molecular weight is 299 g/mol. The first-order chi connectivity index (χ1) is 10.2. The van der Waals surface area contributed by atoms with Gasteiger partial charge < -0.3 is 11.1 Å². The number of amides is 1. The van der Waals surface area contributed by atoms with Gasteiger partial charge in [0.05, 0.1) is 11.3 Å². The molecule has 0 saturated heterocycles. The van der Waals surface area contributed by atoms with Crippen LogP contribution in [-0.2, 0) is 6.54 Å². The Kier molecular flexibility index (Phi) is 3.65. The summed E-state index contributed by atoms with van der Waals surface area (Å²) >= 11 is 1.51. The fraction of sp³-hybridized carbons (Fsp3) is 0.0714. The molecule has 21 heavy (non-hydrogen) atoms. The van der Waals surface area contributed by atoms with Crippen molar-refractivity contribution in [2.75, 3.05) is 5.32 Å². The smallest absolute Gasteiger partial charge is 0.249 e. The fourth-order valence-electron chi connectivity index (χ4n) is 1.87. The van der Waals surface area contributed by atoms with E-state index in [4.69, 9.17) is 5.73 Å². The molecule has 2 heterocycles. The number of primary amides is 1. The van der Waals surface area contributed by atoms with Crippen LogP contribution in [0.15, 0.2) is 48.4 Å². The summed E-state index contributed by atoms with van der Waals surface area (Å²) < 4.78 is 1.70. The SMILES string of the molecule is NC(=O)c1csc(CNc2ccc(-n3cncn3)cc2)c1. The van der Waals surface area contributed by atoms with Gasteiger partial charge in [-0.05, 0) is 30.3 Å². The lowest BCUT2D eigenvalue weighted by Gasteiger charge is -2.06. The number of anilines is 1. The van der Waals surface area contributed by atoms with Crippen LogP contribution < -0.4 is 11.1 Å². The number of carbonyl (C=O) groups is 1. The molecule has 3 rings (SSSR count). The summed E-state index contributed by atoms with van der Waals surface area (Å²) in [5, 5.41) is 9.14. The second-order valence-electron chi connectivity index (χ2n) is 4.41. The Morgan fingerprint density at radius 2 is 2.14 bits per heavy atom. The van der Waals surface area contributed by atoms with Gasteiger partial charge in [-0.1, -0.05) is 0 Å². The molecule has 2 aromatic heterocycles. The molecule has 7 heteroatoms. The van der Waals surface area contributed by atoms with E-state index in [1.54, 1.807) is 16.4 Å². The molecule has 0 bridgehead atoms. The van der Waals surface area contributed by atoms with Crippen molar-refractivity contribution in [2.24, 2.45) is 5.73 Å². The standard InChI is InChI=1S/C14H13N5OS/c15-14(20)10-5-13(21-7-10)6-17-11-1-3-12(4-2-11)19-9-16-8-18-19/h1-5,7-9,17H,6H2,(H2,15,20). The van der Waals surface area contributed by atoms with Crippen molar-refractivity contribution in [1.29, 1.82) is 0 Å². The summed E-state index contributed by atoms with van der Waals surface area (Å²) in [6.45, 7) is 0.653. The summed E-state index contributed by atoms with van der Waals surface area (Å²) in [4.78, 5) is 16.0. The van der Waals surface area contributed by atoms with Crippen molar-refractivity contribution in [3.8, 4) is 5.69 Å². The van der Waals surface area contributed by atoms with Gasteiger partial charge in [0.2, 0.25) is 5.91 Å². The lowest BCUT2D eigenvalue weighted by atomic mass is 10.2. The highest BCUT2D eigenvalue weighted by Crippen LogP contribution is 2.17. The summed E-state index contributed by atoms with van der Waals surface area (Å²) in [7, 11) is 0. The molecular weight excluding hydrogens is 286 g/mol. The summed E-state index contributed by atoms with van der Waals surface area (Å²) in [5.74, 6) is -0.394. The Balaban J connectivity index is 1.64. The van der Waals surface area contributed by atoms with Gasteiger partial charge in [-0.2, -0.15) is 5.10 Å². The number of thiophene rings is 1. The minimum atomic E-state index is -0.394.